The van der Waals surface area contributed by atoms with Crippen molar-refractivity contribution in [3.05, 3.63) is 42.6 Å². The molecule has 2 aromatic carbocycles. The maximum atomic E-state index is 12.9. The highest BCUT2D eigenvalue weighted by molar-refractivity contribution is 8.00. The van der Waals surface area contributed by atoms with Gasteiger partial charge in [0, 0.05) is 36.0 Å². The quantitative estimate of drug-likeness (QED) is 0.487. The van der Waals surface area contributed by atoms with Crippen molar-refractivity contribution in [3.8, 4) is 34.3 Å². The van der Waals surface area contributed by atoms with Crippen LogP contribution in [-0.2, 0) is 11.3 Å². The number of benzene rings is 2. The molecule has 3 aromatic rings. The highest BCUT2D eigenvalue weighted by Gasteiger charge is 2.21. The molecule has 1 amide bonds. The first-order valence-corrected chi connectivity index (χ1v) is 11.6. The van der Waals surface area contributed by atoms with Crippen molar-refractivity contribution in [2.45, 2.75) is 30.8 Å². The predicted molar refractivity (Wildman–Crippen MR) is 128 cm³/mol. The zero-order valence-corrected chi connectivity index (χ0v) is 19.9. The van der Waals surface area contributed by atoms with Gasteiger partial charge in [0.05, 0.1) is 31.4 Å². The van der Waals surface area contributed by atoms with Gasteiger partial charge in [-0.15, -0.1) is 0 Å². The van der Waals surface area contributed by atoms with Crippen molar-refractivity contribution in [2.24, 2.45) is 0 Å². The lowest BCUT2D eigenvalue weighted by molar-refractivity contribution is -0.115. The van der Waals surface area contributed by atoms with Gasteiger partial charge in [0.25, 0.3) is 0 Å². The topological polar surface area (TPSA) is 83.8 Å². The van der Waals surface area contributed by atoms with Crippen molar-refractivity contribution >= 4 is 23.4 Å². The third kappa shape index (κ3) is 5.03. The van der Waals surface area contributed by atoms with Crippen molar-refractivity contribution in [2.75, 3.05) is 32.8 Å². The lowest BCUT2D eigenvalue weighted by Gasteiger charge is -2.19. The van der Waals surface area contributed by atoms with E-state index in [0.717, 1.165) is 27.9 Å². The molecule has 0 aliphatic carbocycles. The summed E-state index contributed by atoms with van der Waals surface area (Å²) in [5.74, 6) is 2.56. The highest BCUT2D eigenvalue weighted by atomic mass is 32.2. The Balaban J connectivity index is 1.50. The van der Waals surface area contributed by atoms with E-state index in [9.17, 15) is 4.79 Å². The fourth-order valence-electron chi connectivity index (χ4n) is 3.53. The SMILES string of the molecule is CCn1c(-c2ccc3c(c2)OCCO3)cnc1SC(C)C(=O)Nc1cc(OC)cc(OC)c1. The first-order valence-electron chi connectivity index (χ1n) is 10.7. The molecule has 1 atom stereocenters. The maximum absolute atomic E-state index is 12.9. The van der Waals surface area contributed by atoms with Crippen molar-refractivity contribution in [3.63, 3.8) is 0 Å². The minimum absolute atomic E-state index is 0.137. The first-order chi connectivity index (χ1) is 16.0. The van der Waals surface area contributed by atoms with Crippen LogP contribution in [0.1, 0.15) is 13.8 Å². The van der Waals surface area contributed by atoms with Crippen molar-refractivity contribution < 1.29 is 23.7 Å². The fourth-order valence-corrected chi connectivity index (χ4v) is 4.48. The Hall–Kier alpha value is -3.33. The molecule has 174 valence electrons. The molecule has 8 nitrogen and oxygen atoms in total. The van der Waals surface area contributed by atoms with E-state index in [1.165, 1.54) is 11.8 Å². The van der Waals surface area contributed by atoms with E-state index in [0.29, 0.717) is 36.9 Å². The predicted octanol–water partition coefficient (Wildman–Crippen LogP) is 4.48. The van der Waals surface area contributed by atoms with Crippen LogP contribution < -0.4 is 24.3 Å². The van der Waals surface area contributed by atoms with Crippen LogP contribution in [0.3, 0.4) is 0 Å². The van der Waals surface area contributed by atoms with Gasteiger partial charge in [-0.3, -0.25) is 4.79 Å². The minimum atomic E-state index is -0.372. The number of aromatic nitrogens is 2. The molecule has 0 spiro atoms. The number of rotatable bonds is 8. The van der Waals surface area contributed by atoms with Crippen molar-refractivity contribution in [1.29, 1.82) is 0 Å². The Bertz CT molecular complexity index is 1120. The van der Waals surface area contributed by atoms with Crippen LogP contribution in [0, 0.1) is 0 Å². The van der Waals surface area contributed by atoms with E-state index in [2.05, 4.69) is 21.8 Å². The number of imidazole rings is 1. The third-order valence-corrected chi connectivity index (χ3v) is 6.35. The molecule has 0 bridgehead atoms. The van der Waals surface area contributed by atoms with Gasteiger partial charge in [0.1, 0.15) is 24.7 Å². The number of hydrogen-bond acceptors (Lipinski definition) is 7. The molecule has 1 N–H and O–H groups in total. The van der Waals surface area contributed by atoms with Crippen LogP contribution >= 0.6 is 11.8 Å². The van der Waals surface area contributed by atoms with Crippen molar-refractivity contribution in [1.82, 2.24) is 9.55 Å². The fraction of sp³-hybridized carbons (Fsp3) is 0.333. The minimum Gasteiger partial charge on any atom is -0.497 e. The van der Waals surface area contributed by atoms with Gasteiger partial charge in [-0.05, 0) is 32.0 Å². The van der Waals surface area contributed by atoms with Gasteiger partial charge in [-0.1, -0.05) is 11.8 Å². The normalized spacial score (nSPS) is 13.3. The number of carbonyl (C=O) groups excluding carboxylic acids is 1. The average molecular weight is 470 g/mol. The third-order valence-electron chi connectivity index (χ3n) is 5.24. The Kier molecular flexibility index (Phi) is 6.98. The molecule has 1 aliphatic rings. The molecule has 33 heavy (non-hydrogen) atoms. The van der Waals surface area contributed by atoms with E-state index in [1.54, 1.807) is 32.4 Å². The number of nitrogens with zero attached hydrogens (tertiary/aromatic N) is 2. The van der Waals surface area contributed by atoms with Crippen LogP contribution in [0.25, 0.3) is 11.3 Å². The Labute approximate surface area is 197 Å². The van der Waals surface area contributed by atoms with Crippen LogP contribution in [0.2, 0.25) is 0 Å². The van der Waals surface area contributed by atoms with Gasteiger partial charge in [0.2, 0.25) is 5.91 Å². The number of nitrogens with one attached hydrogen (secondary N) is 1. The summed E-state index contributed by atoms with van der Waals surface area (Å²) in [5, 5.41) is 3.33. The Morgan fingerprint density at radius 3 is 2.48 bits per heavy atom. The molecule has 4 rings (SSSR count). The molecular weight excluding hydrogens is 442 g/mol. The molecule has 0 fully saturated rings. The van der Waals surface area contributed by atoms with Gasteiger partial charge in [-0.25, -0.2) is 4.98 Å². The summed E-state index contributed by atoms with van der Waals surface area (Å²) in [4.78, 5) is 17.5. The van der Waals surface area contributed by atoms with Crippen LogP contribution in [0.4, 0.5) is 5.69 Å². The summed E-state index contributed by atoms with van der Waals surface area (Å²) in [6, 6.07) is 11.2. The second kappa shape index (κ2) is 10.1. The van der Waals surface area contributed by atoms with E-state index >= 15 is 0 Å². The summed E-state index contributed by atoms with van der Waals surface area (Å²) in [6.07, 6.45) is 1.83. The number of amides is 1. The number of anilines is 1. The van der Waals surface area contributed by atoms with Gasteiger partial charge < -0.3 is 28.8 Å². The molecule has 0 radical (unpaired) electrons. The zero-order chi connectivity index (χ0) is 23.4. The standard InChI is InChI=1S/C24H27N3O5S/c1-5-27-20(16-6-7-21-22(10-16)32-9-8-31-21)14-25-24(27)33-15(2)23(28)26-17-11-18(29-3)13-19(12-17)30-4/h6-7,10-15H,5,8-9H2,1-4H3,(H,26,28). The number of hydrogen-bond donors (Lipinski definition) is 1. The van der Waals surface area contributed by atoms with Gasteiger partial charge >= 0.3 is 0 Å². The second-order valence-electron chi connectivity index (χ2n) is 7.38. The largest absolute Gasteiger partial charge is 0.497 e. The smallest absolute Gasteiger partial charge is 0.237 e. The number of methoxy groups -OCH3 is 2. The molecule has 2 heterocycles. The van der Waals surface area contributed by atoms with E-state index in [-0.39, 0.29) is 11.2 Å². The average Bonchev–Trinajstić information content (AvgIpc) is 3.25. The Morgan fingerprint density at radius 2 is 1.82 bits per heavy atom. The van der Waals surface area contributed by atoms with Crippen LogP contribution in [-0.4, -0.2) is 48.1 Å². The summed E-state index contributed by atoms with van der Waals surface area (Å²) in [7, 11) is 3.14. The summed E-state index contributed by atoms with van der Waals surface area (Å²) < 4.78 is 24.0. The molecule has 9 heteroatoms. The molecule has 1 unspecified atom stereocenters. The lowest BCUT2D eigenvalue weighted by atomic mass is 10.1. The summed E-state index contributed by atoms with van der Waals surface area (Å²) >= 11 is 1.41. The number of fused-ring (bicyclic) bond motifs is 1. The van der Waals surface area contributed by atoms with Gasteiger partial charge in [0.15, 0.2) is 16.7 Å². The monoisotopic (exact) mass is 469 g/mol. The Morgan fingerprint density at radius 1 is 1.12 bits per heavy atom. The summed E-state index contributed by atoms with van der Waals surface area (Å²) in [6.45, 7) is 5.72. The second-order valence-corrected chi connectivity index (χ2v) is 8.69. The number of ether oxygens (including phenoxy) is 4. The molecule has 0 saturated carbocycles. The lowest BCUT2D eigenvalue weighted by Crippen LogP contribution is -2.23. The van der Waals surface area contributed by atoms with Crippen LogP contribution in [0.5, 0.6) is 23.0 Å². The molecule has 1 aromatic heterocycles. The molecule has 1 aliphatic heterocycles. The maximum Gasteiger partial charge on any atom is 0.237 e. The zero-order valence-electron chi connectivity index (χ0n) is 19.1. The van der Waals surface area contributed by atoms with E-state index in [4.69, 9.17) is 18.9 Å². The molecule has 0 saturated heterocycles. The first kappa shape index (κ1) is 22.8. The number of thioether (sulfide) groups is 1. The van der Waals surface area contributed by atoms with E-state index in [1.807, 2.05) is 31.3 Å². The van der Waals surface area contributed by atoms with Crippen LogP contribution in [0.15, 0.2) is 47.8 Å². The number of carbonyl (C=O) groups is 1. The summed E-state index contributed by atoms with van der Waals surface area (Å²) in [5.41, 5.74) is 2.56. The van der Waals surface area contributed by atoms with Gasteiger partial charge in [-0.2, -0.15) is 0 Å². The van der Waals surface area contributed by atoms with E-state index < -0.39 is 0 Å². The highest BCUT2D eigenvalue weighted by Crippen LogP contribution is 2.36. The molecular formula is C24H27N3O5S.